The first-order valence-electron chi connectivity index (χ1n) is 7.94. The van der Waals surface area contributed by atoms with Gasteiger partial charge in [0, 0.05) is 31.3 Å². The Morgan fingerprint density at radius 2 is 2.19 bits per heavy atom. The summed E-state index contributed by atoms with van der Waals surface area (Å²) in [5.74, 6) is 0.469. The number of fused-ring (bicyclic) bond motifs is 1. The molecule has 0 bridgehead atoms. The van der Waals surface area contributed by atoms with E-state index in [9.17, 15) is 4.79 Å². The Kier molecular flexibility index (Phi) is 4.23. The highest BCUT2D eigenvalue weighted by Gasteiger charge is 2.20. The summed E-state index contributed by atoms with van der Waals surface area (Å²) in [6.07, 6.45) is 10.7. The van der Waals surface area contributed by atoms with Gasteiger partial charge in [-0.25, -0.2) is 4.98 Å². The number of hydrogen-bond acceptors (Lipinski definition) is 2. The first-order valence-corrected chi connectivity index (χ1v) is 7.94. The predicted octanol–water partition coefficient (Wildman–Crippen LogP) is 2.88. The summed E-state index contributed by atoms with van der Waals surface area (Å²) in [6, 6.07) is 4.15. The van der Waals surface area contributed by atoms with Crippen molar-refractivity contribution < 1.29 is 4.79 Å². The van der Waals surface area contributed by atoms with E-state index in [-0.39, 0.29) is 11.8 Å². The molecule has 1 aliphatic carbocycles. The molecular formula is C17H23N3O. The average molecular weight is 285 g/mol. The molecule has 4 nitrogen and oxygen atoms in total. The van der Waals surface area contributed by atoms with Gasteiger partial charge >= 0.3 is 0 Å². The van der Waals surface area contributed by atoms with Crippen LogP contribution in [0, 0.1) is 12.8 Å². The SMILES string of the molecule is Cc1ccn2cc(CCNC(=O)C3CCCCC3)nc2c1. The maximum atomic E-state index is 12.1. The zero-order valence-electron chi connectivity index (χ0n) is 12.6. The van der Waals surface area contributed by atoms with Gasteiger partial charge in [0.25, 0.3) is 0 Å². The normalized spacial score (nSPS) is 16.2. The molecule has 21 heavy (non-hydrogen) atoms. The van der Waals surface area contributed by atoms with E-state index in [1.54, 1.807) is 0 Å². The van der Waals surface area contributed by atoms with Crippen LogP contribution in [0.15, 0.2) is 24.5 Å². The Morgan fingerprint density at radius 1 is 1.38 bits per heavy atom. The van der Waals surface area contributed by atoms with Gasteiger partial charge in [0.2, 0.25) is 5.91 Å². The maximum absolute atomic E-state index is 12.1. The van der Waals surface area contributed by atoms with Crippen LogP contribution in [0.5, 0.6) is 0 Å². The molecule has 0 spiro atoms. The predicted molar refractivity (Wildman–Crippen MR) is 83.2 cm³/mol. The lowest BCUT2D eigenvalue weighted by Crippen LogP contribution is -2.33. The molecule has 0 atom stereocenters. The number of rotatable bonds is 4. The van der Waals surface area contributed by atoms with Crippen LogP contribution in [0.2, 0.25) is 0 Å². The summed E-state index contributed by atoms with van der Waals surface area (Å²) < 4.78 is 2.03. The highest BCUT2D eigenvalue weighted by Crippen LogP contribution is 2.23. The van der Waals surface area contributed by atoms with Crippen molar-refractivity contribution in [1.29, 1.82) is 0 Å². The van der Waals surface area contributed by atoms with Gasteiger partial charge in [-0.15, -0.1) is 0 Å². The molecule has 2 aromatic rings. The molecule has 1 saturated carbocycles. The van der Waals surface area contributed by atoms with Crippen molar-refractivity contribution in [1.82, 2.24) is 14.7 Å². The quantitative estimate of drug-likeness (QED) is 0.939. The van der Waals surface area contributed by atoms with Gasteiger partial charge < -0.3 is 9.72 Å². The molecule has 1 amide bonds. The smallest absolute Gasteiger partial charge is 0.223 e. The lowest BCUT2D eigenvalue weighted by atomic mass is 9.89. The van der Waals surface area contributed by atoms with Gasteiger partial charge in [0.15, 0.2) is 0 Å². The third kappa shape index (κ3) is 3.43. The topological polar surface area (TPSA) is 46.4 Å². The second-order valence-corrected chi connectivity index (χ2v) is 6.08. The number of imidazole rings is 1. The summed E-state index contributed by atoms with van der Waals surface area (Å²) in [5.41, 5.74) is 3.22. The molecule has 1 N–H and O–H groups in total. The molecule has 0 aliphatic heterocycles. The Bertz CT molecular complexity index is 626. The van der Waals surface area contributed by atoms with Gasteiger partial charge in [-0.2, -0.15) is 0 Å². The lowest BCUT2D eigenvalue weighted by Gasteiger charge is -2.20. The first kappa shape index (κ1) is 14.1. The third-order valence-electron chi connectivity index (χ3n) is 4.32. The van der Waals surface area contributed by atoms with E-state index in [1.807, 2.05) is 16.8 Å². The zero-order chi connectivity index (χ0) is 14.7. The second-order valence-electron chi connectivity index (χ2n) is 6.08. The molecule has 1 aliphatic rings. The van der Waals surface area contributed by atoms with E-state index in [2.05, 4.69) is 29.4 Å². The molecule has 3 rings (SSSR count). The number of nitrogens with one attached hydrogen (secondary N) is 1. The molecule has 112 valence electrons. The summed E-state index contributed by atoms with van der Waals surface area (Å²) in [5, 5.41) is 3.07. The fourth-order valence-corrected chi connectivity index (χ4v) is 3.08. The monoisotopic (exact) mass is 285 g/mol. The highest BCUT2D eigenvalue weighted by molar-refractivity contribution is 5.78. The number of aryl methyl sites for hydroxylation is 1. The van der Waals surface area contributed by atoms with Gasteiger partial charge in [0.1, 0.15) is 5.65 Å². The summed E-state index contributed by atoms with van der Waals surface area (Å²) >= 11 is 0. The Balaban J connectivity index is 1.53. The standard InChI is InChI=1S/C17H23N3O/c1-13-8-10-20-12-15(19-16(20)11-13)7-9-18-17(21)14-5-3-2-4-6-14/h8,10-12,14H,2-7,9H2,1H3,(H,18,21). The van der Waals surface area contributed by atoms with E-state index < -0.39 is 0 Å². The first-order chi connectivity index (χ1) is 10.2. The average Bonchev–Trinajstić information content (AvgIpc) is 2.89. The molecule has 0 radical (unpaired) electrons. The van der Waals surface area contributed by atoms with Crippen molar-refractivity contribution >= 4 is 11.6 Å². The molecule has 4 heteroatoms. The van der Waals surface area contributed by atoms with E-state index in [0.29, 0.717) is 6.54 Å². The van der Waals surface area contributed by atoms with Crippen LogP contribution < -0.4 is 5.32 Å². The number of carbonyl (C=O) groups excluding carboxylic acids is 1. The van der Waals surface area contributed by atoms with Crippen LogP contribution in [0.3, 0.4) is 0 Å². The van der Waals surface area contributed by atoms with Crippen molar-refractivity contribution in [2.45, 2.75) is 45.4 Å². The van der Waals surface area contributed by atoms with Gasteiger partial charge in [-0.05, 0) is 37.5 Å². The van der Waals surface area contributed by atoms with Crippen molar-refractivity contribution in [2.24, 2.45) is 5.92 Å². The fourth-order valence-electron chi connectivity index (χ4n) is 3.08. The fraction of sp³-hybridized carbons (Fsp3) is 0.529. The van der Waals surface area contributed by atoms with E-state index >= 15 is 0 Å². The summed E-state index contributed by atoms with van der Waals surface area (Å²) in [6.45, 7) is 2.75. The molecular weight excluding hydrogens is 262 g/mol. The van der Waals surface area contributed by atoms with Crippen molar-refractivity contribution in [3.05, 3.63) is 35.8 Å². The molecule has 2 heterocycles. The maximum Gasteiger partial charge on any atom is 0.223 e. The number of nitrogens with zero attached hydrogens (tertiary/aromatic N) is 2. The van der Waals surface area contributed by atoms with Crippen LogP contribution in [0.4, 0.5) is 0 Å². The van der Waals surface area contributed by atoms with Crippen LogP contribution >= 0.6 is 0 Å². The lowest BCUT2D eigenvalue weighted by molar-refractivity contribution is -0.125. The number of pyridine rings is 1. The summed E-state index contributed by atoms with van der Waals surface area (Å²) in [4.78, 5) is 16.7. The minimum Gasteiger partial charge on any atom is -0.355 e. The Morgan fingerprint density at radius 3 is 3.00 bits per heavy atom. The number of amides is 1. The van der Waals surface area contributed by atoms with Crippen LogP contribution in [-0.2, 0) is 11.2 Å². The molecule has 2 aromatic heterocycles. The van der Waals surface area contributed by atoms with Gasteiger partial charge in [-0.3, -0.25) is 4.79 Å². The van der Waals surface area contributed by atoms with Crippen LogP contribution in [0.1, 0.15) is 43.4 Å². The van der Waals surface area contributed by atoms with E-state index in [4.69, 9.17) is 0 Å². The number of aromatic nitrogens is 2. The number of carbonyl (C=O) groups is 1. The number of hydrogen-bond donors (Lipinski definition) is 1. The van der Waals surface area contributed by atoms with Gasteiger partial charge in [0.05, 0.1) is 5.69 Å². The minimum absolute atomic E-state index is 0.231. The third-order valence-corrected chi connectivity index (χ3v) is 4.32. The van der Waals surface area contributed by atoms with Crippen molar-refractivity contribution in [3.8, 4) is 0 Å². The van der Waals surface area contributed by atoms with Crippen molar-refractivity contribution in [3.63, 3.8) is 0 Å². The minimum atomic E-state index is 0.231. The van der Waals surface area contributed by atoms with Gasteiger partial charge in [-0.1, -0.05) is 19.3 Å². The van der Waals surface area contributed by atoms with E-state index in [1.165, 1.54) is 24.8 Å². The van der Waals surface area contributed by atoms with Crippen molar-refractivity contribution in [2.75, 3.05) is 6.54 Å². The molecule has 0 aromatic carbocycles. The Labute approximate surface area is 125 Å². The molecule has 1 fully saturated rings. The van der Waals surface area contributed by atoms with E-state index in [0.717, 1.165) is 30.6 Å². The Hall–Kier alpha value is -1.84. The molecule has 0 unspecified atom stereocenters. The summed E-state index contributed by atoms with van der Waals surface area (Å²) in [7, 11) is 0. The highest BCUT2D eigenvalue weighted by atomic mass is 16.1. The van der Waals surface area contributed by atoms with Crippen LogP contribution in [-0.4, -0.2) is 21.8 Å². The van der Waals surface area contributed by atoms with Crippen LogP contribution in [0.25, 0.3) is 5.65 Å². The zero-order valence-corrected chi connectivity index (χ0v) is 12.6. The second kappa shape index (κ2) is 6.29. The largest absolute Gasteiger partial charge is 0.355 e. The molecule has 0 saturated heterocycles.